The number of pyridine rings is 1. The Bertz CT molecular complexity index is 945. The molecule has 0 atom stereocenters. The molecule has 2 aliphatic rings. The van der Waals surface area contributed by atoms with Gasteiger partial charge in [-0.05, 0) is 61.2 Å². The number of aryl methyl sites for hydroxylation is 1. The molecule has 1 amide bonds. The van der Waals surface area contributed by atoms with Gasteiger partial charge in [0.2, 0.25) is 0 Å². The first-order chi connectivity index (χ1) is 14.0. The Morgan fingerprint density at radius 1 is 1.17 bits per heavy atom. The number of carbonyl (C=O) groups is 1. The van der Waals surface area contributed by atoms with Crippen LogP contribution in [-0.2, 0) is 12.2 Å². The highest BCUT2D eigenvalue weighted by Gasteiger charge is 2.23. The fourth-order valence-electron chi connectivity index (χ4n) is 4.40. The van der Waals surface area contributed by atoms with Gasteiger partial charge in [0.25, 0.3) is 11.5 Å². The number of amides is 1. The number of rotatable bonds is 5. The van der Waals surface area contributed by atoms with E-state index in [0.29, 0.717) is 0 Å². The predicted molar refractivity (Wildman–Crippen MR) is 121 cm³/mol. The van der Waals surface area contributed by atoms with Gasteiger partial charge in [-0.3, -0.25) is 14.5 Å². The zero-order chi connectivity index (χ0) is 20.4. The van der Waals surface area contributed by atoms with Gasteiger partial charge in [-0.15, -0.1) is 0 Å². The Morgan fingerprint density at radius 2 is 1.97 bits per heavy atom. The molecule has 4 rings (SSSR count). The zero-order valence-electron chi connectivity index (χ0n) is 17.5. The van der Waals surface area contributed by atoms with Gasteiger partial charge < -0.3 is 9.88 Å². The molecule has 5 nitrogen and oxygen atoms in total. The summed E-state index contributed by atoms with van der Waals surface area (Å²) in [4.78, 5) is 32.9. The SMILES string of the molecule is CC(C)CCCN1CCN(C(=O)c2ccc3[nH]c(=O)c4c(c3c2)CCSC4)CC1. The van der Waals surface area contributed by atoms with Crippen LogP contribution >= 0.6 is 11.8 Å². The van der Waals surface area contributed by atoms with Crippen molar-refractivity contribution in [2.45, 2.75) is 38.9 Å². The van der Waals surface area contributed by atoms with Crippen molar-refractivity contribution < 1.29 is 4.79 Å². The lowest BCUT2D eigenvalue weighted by atomic mass is 9.99. The molecule has 1 fully saturated rings. The lowest BCUT2D eigenvalue weighted by Crippen LogP contribution is -2.48. The third-order valence-electron chi connectivity index (χ3n) is 6.14. The first kappa shape index (κ1) is 20.5. The van der Waals surface area contributed by atoms with Crippen LogP contribution in [0.5, 0.6) is 0 Å². The molecular weight excluding hydrogens is 382 g/mol. The van der Waals surface area contributed by atoms with Crippen LogP contribution in [0.1, 0.15) is 48.2 Å². The third-order valence-corrected chi connectivity index (χ3v) is 7.12. The van der Waals surface area contributed by atoms with Gasteiger partial charge in [-0.1, -0.05) is 13.8 Å². The number of thioether (sulfide) groups is 1. The second-order valence-corrected chi connectivity index (χ2v) is 9.75. The standard InChI is InChI=1S/C23H31N3O2S/c1-16(2)4-3-8-25-9-11-26(12-10-25)23(28)17-5-6-21-19(14-17)18-7-13-29-15-20(18)22(27)24-21/h5-6,14,16H,3-4,7-13,15H2,1-2H3,(H,24,27). The average molecular weight is 414 g/mol. The van der Waals surface area contributed by atoms with Crippen LogP contribution < -0.4 is 5.56 Å². The first-order valence-electron chi connectivity index (χ1n) is 10.8. The lowest BCUT2D eigenvalue weighted by Gasteiger charge is -2.35. The van der Waals surface area contributed by atoms with Gasteiger partial charge >= 0.3 is 0 Å². The molecule has 1 saturated heterocycles. The Labute approximate surface area is 176 Å². The number of H-pyrrole nitrogens is 1. The fourth-order valence-corrected chi connectivity index (χ4v) is 5.40. The predicted octanol–water partition coefficient (Wildman–Crippen LogP) is 3.51. The number of hydrogen-bond acceptors (Lipinski definition) is 4. The maximum Gasteiger partial charge on any atom is 0.253 e. The maximum atomic E-state index is 13.1. The van der Waals surface area contributed by atoms with Crippen molar-refractivity contribution in [3.8, 4) is 0 Å². The monoisotopic (exact) mass is 413 g/mol. The molecule has 0 radical (unpaired) electrons. The van der Waals surface area contributed by atoms with Crippen LogP contribution in [-0.4, -0.2) is 59.2 Å². The van der Waals surface area contributed by atoms with Gasteiger partial charge in [0.05, 0.1) is 0 Å². The summed E-state index contributed by atoms with van der Waals surface area (Å²) in [7, 11) is 0. The summed E-state index contributed by atoms with van der Waals surface area (Å²) in [6.45, 7) is 9.16. The number of nitrogens with one attached hydrogen (secondary N) is 1. The lowest BCUT2D eigenvalue weighted by molar-refractivity contribution is 0.0634. The van der Waals surface area contributed by atoms with Crippen molar-refractivity contribution in [3.63, 3.8) is 0 Å². The molecule has 1 N–H and O–H groups in total. The Balaban J connectivity index is 1.47. The van der Waals surface area contributed by atoms with Crippen LogP contribution in [0.25, 0.3) is 10.9 Å². The first-order valence-corrected chi connectivity index (χ1v) is 12.0. The van der Waals surface area contributed by atoms with Gasteiger partial charge in [-0.25, -0.2) is 0 Å². The molecule has 29 heavy (non-hydrogen) atoms. The van der Waals surface area contributed by atoms with Crippen LogP contribution in [0.2, 0.25) is 0 Å². The molecule has 0 unspecified atom stereocenters. The molecule has 2 aromatic rings. The summed E-state index contributed by atoms with van der Waals surface area (Å²) in [6.07, 6.45) is 3.39. The third kappa shape index (κ3) is 4.53. The summed E-state index contributed by atoms with van der Waals surface area (Å²) in [5, 5.41) is 1.04. The summed E-state index contributed by atoms with van der Waals surface area (Å²) in [6, 6.07) is 5.76. The van der Waals surface area contributed by atoms with Crippen LogP contribution in [0, 0.1) is 5.92 Å². The van der Waals surface area contributed by atoms with E-state index in [4.69, 9.17) is 0 Å². The van der Waals surface area contributed by atoms with E-state index < -0.39 is 0 Å². The highest BCUT2D eigenvalue weighted by Crippen LogP contribution is 2.28. The number of piperazine rings is 1. The van der Waals surface area contributed by atoms with E-state index in [1.165, 1.54) is 12.8 Å². The Morgan fingerprint density at radius 3 is 2.72 bits per heavy atom. The second kappa shape index (κ2) is 8.92. The average Bonchev–Trinajstić information content (AvgIpc) is 2.73. The Kier molecular flexibility index (Phi) is 6.30. The number of aromatic nitrogens is 1. The molecule has 156 valence electrons. The van der Waals surface area contributed by atoms with E-state index in [-0.39, 0.29) is 11.5 Å². The van der Waals surface area contributed by atoms with E-state index in [1.54, 1.807) is 11.8 Å². The van der Waals surface area contributed by atoms with Crippen LogP contribution in [0.4, 0.5) is 0 Å². The minimum absolute atomic E-state index is 0.0207. The summed E-state index contributed by atoms with van der Waals surface area (Å²) < 4.78 is 0. The molecular formula is C23H31N3O2S. The number of hydrogen-bond donors (Lipinski definition) is 1. The quantitative estimate of drug-likeness (QED) is 0.815. The van der Waals surface area contributed by atoms with Crippen molar-refractivity contribution in [1.82, 2.24) is 14.8 Å². The number of benzene rings is 1. The fraction of sp³-hybridized carbons (Fsp3) is 0.565. The van der Waals surface area contributed by atoms with Crippen LogP contribution in [0.15, 0.2) is 23.0 Å². The van der Waals surface area contributed by atoms with E-state index >= 15 is 0 Å². The summed E-state index contributed by atoms with van der Waals surface area (Å²) >= 11 is 1.80. The molecule has 0 saturated carbocycles. The van der Waals surface area contributed by atoms with E-state index in [1.807, 2.05) is 23.1 Å². The highest BCUT2D eigenvalue weighted by atomic mass is 32.2. The molecule has 0 spiro atoms. The number of nitrogens with zero attached hydrogens (tertiary/aromatic N) is 2. The van der Waals surface area contributed by atoms with Crippen molar-refractivity contribution >= 4 is 28.6 Å². The second-order valence-electron chi connectivity index (χ2n) is 8.64. The van der Waals surface area contributed by atoms with Gasteiger partial charge in [-0.2, -0.15) is 11.8 Å². The van der Waals surface area contributed by atoms with Crippen molar-refractivity contribution in [3.05, 3.63) is 45.2 Å². The minimum Gasteiger partial charge on any atom is -0.336 e. The van der Waals surface area contributed by atoms with Crippen molar-refractivity contribution in [2.24, 2.45) is 5.92 Å². The maximum absolute atomic E-state index is 13.1. The van der Waals surface area contributed by atoms with E-state index in [9.17, 15) is 9.59 Å². The van der Waals surface area contributed by atoms with Crippen molar-refractivity contribution in [2.75, 3.05) is 38.5 Å². The molecule has 2 aliphatic heterocycles. The van der Waals surface area contributed by atoms with E-state index in [2.05, 4.69) is 23.7 Å². The molecule has 1 aromatic carbocycles. The number of carbonyl (C=O) groups excluding carboxylic acids is 1. The number of fused-ring (bicyclic) bond motifs is 3. The number of aromatic amines is 1. The largest absolute Gasteiger partial charge is 0.336 e. The van der Waals surface area contributed by atoms with Crippen LogP contribution in [0.3, 0.4) is 0 Å². The molecule has 3 heterocycles. The highest BCUT2D eigenvalue weighted by molar-refractivity contribution is 7.98. The minimum atomic E-state index is 0.0207. The van der Waals surface area contributed by atoms with Gasteiger partial charge in [0.1, 0.15) is 0 Å². The van der Waals surface area contributed by atoms with Gasteiger partial charge in [0.15, 0.2) is 0 Å². The normalized spacial score (nSPS) is 17.7. The molecule has 1 aromatic heterocycles. The molecule has 0 aliphatic carbocycles. The summed E-state index contributed by atoms with van der Waals surface area (Å²) in [5.74, 6) is 2.66. The topological polar surface area (TPSA) is 56.4 Å². The van der Waals surface area contributed by atoms with Crippen molar-refractivity contribution in [1.29, 1.82) is 0 Å². The molecule has 0 bridgehead atoms. The van der Waals surface area contributed by atoms with E-state index in [0.717, 1.165) is 84.2 Å². The Hall–Kier alpha value is -1.79. The smallest absolute Gasteiger partial charge is 0.253 e. The molecule has 6 heteroatoms. The zero-order valence-corrected chi connectivity index (χ0v) is 18.3. The summed E-state index contributed by atoms with van der Waals surface area (Å²) in [5.41, 5.74) is 3.61. The van der Waals surface area contributed by atoms with Gasteiger partial charge in [0, 0.05) is 54.0 Å².